The highest BCUT2D eigenvalue weighted by Gasteiger charge is 2.36. The third kappa shape index (κ3) is 2.09. The van der Waals surface area contributed by atoms with Gasteiger partial charge in [0, 0.05) is 9.77 Å². The molecule has 0 saturated carbocycles. The fourth-order valence-electron chi connectivity index (χ4n) is 0.793. The Balaban J connectivity index is 3.43. The lowest BCUT2D eigenvalue weighted by molar-refractivity contribution is -0.138. The van der Waals surface area contributed by atoms with Gasteiger partial charge in [0.05, 0.1) is 0 Å². The first kappa shape index (κ1) is 10.2. The summed E-state index contributed by atoms with van der Waals surface area (Å²) in [4.78, 5) is 3.34. The summed E-state index contributed by atoms with van der Waals surface area (Å²) in [5, 5.41) is 8.39. The molecule has 1 heterocycles. The van der Waals surface area contributed by atoms with Crippen molar-refractivity contribution in [1.29, 1.82) is 5.26 Å². The molecule has 0 radical (unpaired) electrons. The van der Waals surface area contributed by atoms with Gasteiger partial charge in [-0.1, -0.05) is 0 Å². The minimum Gasteiger partial charge on any atom is -0.245 e. The molecule has 0 aromatic carbocycles. The van der Waals surface area contributed by atoms with Crippen LogP contribution in [-0.2, 0) is 6.18 Å². The van der Waals surface area contributed by atoms with Crippen molar-refractivity contribution in [1.82, 2.24) is 4.98 Å². The Morgan fingerprint density at radius 2 is 2.08 bits per heavy atom. The maximum atomic E-state index is 12.3. The fourth-order valence-corrected chi connectivity index (χ4v) is 1.51. The monoisotopic (exact) mass is 298 g/mol. The molecule has 1 aromatic rings. The van der Waals surface area contributed by atoms with Crippen LogP contribution in [0.5, 0.6) is 0 Å². The summed E-state index contributed by atoms with van der Waals surface area (Å²) in [5.41, 5.74) is -1.54. The summed E-state index contributed by atoms with van der Waals surface area (Å²) in [6, 6.07) is 2.62. The molecule has 0 atom stereocenters. The fraction of sp³-hybridized carbons (Fsp3) is 0.143. The maximum Gasteiger partial charge on any atom is 0.420 e. The average Bonchev–Trinajstić information content (AvgIpc) is 2.01. The molecule has 2 nitrogen and oxygen atoms in total. The van der Waals surface area contributed by atoms with E-state index in [1.165, 1.54) is 40.9 Å². The molecule has 0 aliphatic heterocycles. The van der Waals surface area contributed by atoms with Crippen LogP contribution >= 0.6 is 22.6 Å². The number of pyridine rings is 1. The van der Waals surface area contributed by atoms with Crippen molar-refractivity contribution in [2.45, 2.75) is 6.18 Å². The lowest BCUT2D eigenvalue weighted by Crippen LogP contribution is -2.11. The molecular formula is C7H2F3IN2. The van der Waals surface area contributed by atoms with Crippen LogP contribution in [0.3, 0.4) is 0 Å². The first-order chi connectivity index (χ1) is 5.96. The second-order valence-electron chi connectivity index (χ2n) is 2.13. The molecule has 6 heteroatoms. The van der Waals surface area contributed by atoms with Gasteiger partial charge in [0.15, 0.2) is 5.69 Å². The van der Waals surface area contributed by atoms with Gasteiger partial charge in [0.2, 0.25) is 0 Å². The summed E-state index contributed by atoms with van der Waals surface area (Å²) in [6.07, 6.45) is -3.34. The van der Waals surface area contributed by atoms with Crippen LogP contribution in [0.15, 0.2) is 12.3 Å². The zero-order chi connectivity index (χ0) is 10.1. The summed E-state index contributed by atoms with van der Waals surface area (Å²) < 4.78 is 36.9. The number of rotatable bonds is 0. The van der Waals surface area contributed by atoms with E-state index >= 15 is 0 Å². The Morgan fingerprint density at radius 1 is 1.46 bits per heavy atom. The summed E-state index contributed by atoms with van der Waals surface area (Å²) in [6.45, 7) is 0. The molecule has 0 bridgehead atoms. The molecule has 0 saturated heterocycles. The number of hydrogen-bond donors (Lipinski definition) is 0. The first-order valence-electron chi connectivity index (χ1n) is 3.08. The highest BCUT2D eigenvalue weighted by molar-refractivity contribution is 14.1. The van der Waals surface area contributed by atoms with Crippen molar-refractivity contribution in [3.63, 3.8) is 0 Å². The van der Waals surface area contributed by atoms with Gasteiger partial charge in [-0.15, -0.1) is 0 Å². The number of nitriles is 1. The number of alkyl halides is 3. The molecule has 0 spiro atoms. The molecule has 13 heavy (non-hydrogen) atoms. The highest BCUT2D eigenvalue weighted by Crippen LogP contribution is 2.34. The minimum atomic E-state index is -4.52. The quantitative estimate of drug-likeness (QED) is 0.690. The van der Waals surface area contributed by atoms with Crippen LogP contribution < -0.4 is 0 Å². The summed E-state index contributed by atoms with van der Waals surface area (Å²) >= 11 is 1.52. The van der Waals surface area contributed by atoms with E-state index in [9.17, 15) is 13.2 Å². The maximum absolute atomic E-state index is 12.3. The van der Waals surface area contributed by atoms with Gasteiger partial charge in [-0.3, -0.25) is 0 Å². The van der Waals surface area contributed by atoms with Crippen LogP contribution in [0.2, 0.25) is 0 Å². The van der Waals surface area contributed by atoms with Gasteiger partial charge in [0.25, 0.3) is 0 Å². The molecule has 1 aromatic heterocycles. The van der Waals surface area contributed by atoms with E-state index in [-0.39, 0.29) is 3.57 Å². The lowest BCUT2D eigenvalue weighted by atomic mass is 10.2. The van der Waals surface area contributed by atoms with Crippen molar-refractivity contribution >= 4 is 22.6 Å². The first-order valence-corrected chi connectivity index (χ1v) is 4.16. The van der Waals surface area contributed by atoms with Crippen LogP contribution in [0, 0.1) is 14.9 Å². The molecule has 0 amide bonds. The Hall–Kier alpha value is -0.840. The molecule has 0 unspecified atom stereocenters. The van der Waals surface area contributed by atoms with Gasteiger partial charge in [-0.05, 0) is 28.7 Å². The smallest absolute Gasteiger partial charge is 0.245 e. The molecule has 0 fully saturated rings. The molecule has 0 aliphatic carbocycles. The van der Waals surface area contributed by atoms with E-state index in [2.05, 4.69) is 4.98 Å². The average molecular weight is 298 g/mol. The normalized spacial score (nSPS) is 11.0. The van der Waals surface area contributed by atoms with E-state index in [0.29, 0.717) is 0 Å². The van der Waals surface area contributed by atoms with Crippen molar-refractivity contribution in [3.8, 4) is 6.07 Å². The van der Waals surface area contributed by atoms with Crippen molar-refractivity contribution < 1.29 is 13.2 Å². The van der Waals surface area contributed by atoms with E-state index in [1.54, 1.807) is 0 Å². The zero-order valence-electron chi connectivity index (χ0n) is 6.06. The molecule has 1 rings (SSSR count). The van der Waals surface area contributed by atoms with Gasteiger partial charge in [0.1, 0.15) is 11.6 Å². The van der Waals surface area contributed by atoms with Crippen LogP contribution in [0.1, 0.15) is 11.3 Å². The topological polar surface area (TPSA) is 36.7 Å². The summed E-state index contributed by atoms with van der Waals surface area (Å²) in [7, 11) is 0. The predicted octanol–water partition coefficient (Wildman–Crippen LogP) is 2.58. The Kier molecular flexibility index (Phi) is 2.75. The second kappa shape index (κ2) is 3.49. The van der Waals surface area contributed by atoms with Crippen molar-refractivity contribution in [2.24, 2.45) is 0 Å². The Morgan fingerprint density at radius 3 is 2.46 bits per heavy atom. The molecule has 0 aliphatic rings. The lowest BCUT2D eigenvalue weighted by Gasteiger charge is -2.08. The summed E-state index contributed by atoms with van der Waals surface area (Å²) in [5.74, 6) is 0. The third-order valence-corrected chi connectivity index (χ3v) is 2.19. The number of nitrogens with zero attached hydrogens (tertiary/aromatic N) is 2. The van der Waals surface area contributed by atoms with Gasteiger partial charge in [-0.25, -0.2) is 4.98 Å². The van der Waals surface area contributed by atoms with Gasteiger partial charge in [-0.2, -0.15) is 18.4 Å². The van der Waals surface area contributed by atoms with Crippen LogP contribution in [-0.4, -0.2) is 4.98 Å². The second-order valence-corrected chi connectivity index (χ2v) is 3.29. The SMILES string of the molecule is N#Cc1nccc(I)c1C(F)(F)F. The van der Waals surface area contributed by atoms with E-state index in [4.69, 9.17) is 5.26 Å². The van der Waals surface area contributed by atoms with Crippen LogP contribution in [0.4, 0.5) is 13.2 Å². The Bertz CT molecular complexity index is 367. The van der Waals surface area contributed by atoms with E-state index < -0.39 is 17.4 Å². The van der Waals surface area contributed by atoms with Gasteiger partial charge < -0.3 is 0 Å². The van der Waals surface area contributed by atoms with Gasteiger partial charge >= 0.3 is 6.18 Å². The standard InChI is InChI=1S/C7H2F3IN2/c8-7(9,10)6-4(11)1-2-13-5(6)3-12/h1-2H. The molecule has 0 N–H and O–H groups in total. The minimum absolute atomic E-state index is 0.0170. The predicted molar refractivity (Wildman–Crippen MR) is 46.7 cm³/mol. The zero-order valence-corrected chi connectivity index (χ0v) is 8.22. The number of aromatic nitrogens is 1. The van der Waals surface area contributed by atoms with E-state index in [0.717, 1.165) is 0 Å². The van der Waals surface area contributed by atoms with Crippen molar-refractivity contribution in [2.75, 3.05) is 0 Å². The van der Waals surface area contributed by atoms with Crippen LogP contribution in [0.25, 0.3) is 0 Å². The third-order valence-electron chi connectivity index (χ3n) is 1.29. The highest BCUT2D eigenvalue weighted by atomic mass is 127. The number of halogens is 4. The van der Waals surface area contributed by atoms with E-state index in [1.807, 2.05) is 0 Å². The molecule has 68 valence electrons. The largest absolute Gasteiger partial charge is 0.420 e. The Labute approximate surface area is 85.5 Å². The molecular weight excluding hydrogens is 296 g/mol. The van der Waals surface area contributed by atoms with Crippen molar-refractivity contribution in [3.05, 3.63) is 27.1 Å². The number of hydrogen-bond acceptors (Lipinski definition) is 2.